The van der Waals surface area contributed by atoms with Gasteiger partial charge in [0.15, 0.2) is 6.29 Å². The van der Waals surface area contributed by atoms with Crippen molar-refractivity contribution < 1.29 is 13.7 Å². The van der Waals surface area contributed by atoms with Gasteiger partial charge in [-0.3, -0.25) is 4.21 Å². The molecule has 0 N–H and O–H groups in total. The molecule has 2 rings (SSSR count). The Kier molecular flexibility index (Phi) is 3.38. The Balaban J connectivity index is 2.22. The Bertz CT molecular complexity index is 446. The molecule has 1 aliphatic heterocycles. The summed E-state index contributed by atoms with van der Waals surface area (Å²) in [5.41, 5.74) is 0.302. The first-order valence-corrected chi connectivity index (χ1v) is 7.58. The van der Waals surface area contributed by atoms with E-state index in [4.69, 9.17) is 9.47 Å². The Labute approximate surface area is 111 Å². The molecule has 0 amide bonds. The molecule has 0 saturated carbocycles. The fraction of sp³-hybridized carbons (Fsp3) is 0.571. The van der Waals surface area contributed by atoms with E-state index in [1.165, 1.54) is 0 Å². The van der Waals surface area contributed by atoms with Gasteiger partial charge < -0.3 is 9.47 Å². The third-order valence-electron chi connectivity index (χ3n) is 3.74. The summed E-state index contributed by atoms with van der Waals surface area (Å²) in [6, 6.07) is 7.55. The van der Waals surface area contributed by atoms with Gasteiger partial charge in [0.25, 0.3) is 0 Å². The molecule has 18 heavy (non-hydrogen) atoms. The molecule has 1 saturated heterocycles. The number of hydrogen-bond donors (Lipinski definition) is 0. The predicted octanol–water partition coefficient (Wildman–Crippen LogP) is 3.03. The smallest absolute Gasteiger partial charge is 0.185 e. The maximum Gasteiger partial charge on any atom is 0.185 e. The average Bonchev–Trinajstić information content (AvgIpc) is 2.48. The van der Waals surface area contributed by atoms with Crippen molar-refractivity contribution in [3.63, 3.8) is 0 Å². The molecule has 0 bridgehead atoms. The van der Waals surface area contributed by atoms with E-state index in [0.717, 1.165) is 10.5 Å². The summed E-state index contributed by atoms with van der Waals surface area (Å²) in [4.78, 5) is 0.815. The fourth-order valence-electron chi connectivity index (χ4n) is 1.80. The molecule has 1 aromatic rings. The molecular weight excluding hydrogens is 248 g/mol. The third kappa shape index (κ3) is 2.37. The van der Waals surface area contributed by atoms with Crippen LogP contribution in [0.2, 0.25) is 0 Å². The minimum atomic E-state index is -0.951. The van der Waals surface area contributed by atoms with Crippen molar-refractivity contribution in [3.05, 3.63) is 29.8 Å². The van der Waals surface area contributed by atoms with E-state index in [1.54, 1.807) is 6.26 Å². The van der Waals surface area contributed by atoms with Crippen LogP contribution in [0.4, 0.5) is 0 Å². The first kappa shape index (κ1) is 13.7. The van der Waals surface area contributed by atoms with Gasteiger partial charge in [-0.2, -0.15) is 0 Å². The molecule has 1 fully saturated rings. The Morgan fingerprint density at radius 2 is 1.44 bits per heavy atom. The molecule has 1 aromatic carbocycles. The Morgan fingerprint density at radius 3 is 1.83 bits per heavy atom. The fourth-order valence-corrected chi connectivity index (χ4v) is 2.32. The number of benzene rings is 1. The van der Waals surface area contributed by atoms with Gasteiger partial charge in [0.2, 0.25) is 0 Å². The molecule has 0 spiro atoms. The van der Waals surface area contributed by atoms with Crippen LogP contribution in [0.5, 0.6) is 0 Å². The largest absolute Gasteiger partial charge is 0.339 e. The van der Waals surface area contributed by atoms with E-state index in [-0.39, 0.29) is 17.5 Å². The van der Waals surface area contributed by atoms with E-state index in [1.807, 2.05) is 52.0 Å². The van der Waals surface area contributed by atoms with E-state index < -0.39 is 10.8 Å². The van der Waals surface area contributed by atoms with Crippen LogP contribution in [0.3, 0.4) is 0 Å². The highest BCUT2D eigenvalue weighted by atomic mass is 32.2. The molecular formula is C14H20O3S. The SMILES string of the molecule is CS(=O)c1ccc(C2OC(C)(C)C(C)(C)O2)cc1. The molecule has 3 nitrogen and oxygen atoms in total. The van der Waals surface area contributed by atoms with E-state index >= 15 is 0 Å². The van der Waals surface area contributed by atoms with Gasteiger partial charge >= 0.3 is 0 Å². The maximum absolute atomic E-state index is 11.3. The van der Waals surface area contributed by atoms with Crippen LogP contribution in [-0.4, -0.2) is 21.7 Å². The second-order valence-electron chi connectivity index (χ2n) is 5.61. The Morgan fingerprint density at radius 1 is 1.00 bits per heavy atom. The van der Waals surface area contributed by atoms with Crippen molar-refractivity contribution in [2.24, 2.45) is 0 Å². The molecule has 4 heteroatoms. The minimum Gasteiger partial charge on any atom is -0.339 e. The van der Waals surface area contributed by atoms with Crippen molar-refractivity contribution in [2.75, 3.05) is 6.26 Å². The van der Waals surface area contributed by atoms with Gasteiger partial charge in [-0.05, 0) is 39.8 Å². The van der Waals surface area contributed by atoms with E-state index in [9.17, 15) is 4.21 Å². The van der Waals surface area contributed by atoms with Crippen LogP contribution >= 0.6 is 0 Å². The number of ether oxygens (including phenoxy) is 2. The molecule has 0 radical (unpaired) electrons. The summed E-state index contributed by atoms with van der Waals surface area (Å²) in [6.07, 6.45) is 1.32. The Hall–Kier alpha value is -0.710. The maximum atomic E-state index is 11.3. The van der Waals surface area contributed by atoms with Crippen LogP contribution in [0.1, 0.15) is 39.5 Å². The van der Waals surface area contributed by atoms with Gasteiger partial charge in [-0.1, -0.05) is 12.1 Å². The summed E-state index contributed by atoms with van der Waals surface area (Å²) < 4.78 is 23.2. The molecule has 1 atom stereocenters. The second-order valence-corrected chi connectivity index (χ2v) is 6.99. The molecule has 1 aliphatic rings. The summed E-state index contributed by atoms with van der Waals surface area (Å²) in [7, 11) is -0.951. The topological polar surface area (TPSA) is 35.5 Å². The van der Waals surface area contributed by atoms with Crippen LogP contribution in [0, 0.1) is 0 Å². The lowest BCUT2D eigenvalue weighted by molar-refractivity contribution is -0.0895. The lowest BCUT2D eigenvalue weighted by atomic mass is 9.90. The summed E-state index contributed by atoms with van der Waals surface area (Å²) in [5.74, 6) is 0. The van der Waals surface area contributed by atoms with E-state index in [2.05, 4.69) is 0 Å². The molecule has 100 valence electrons. The van der Waals surface area contributed by atoms with Crippen molar-refractivity contribution in [1.29, 1.82) is 0 Å². The summed E-state index contributed by atoms with van der Waals surface area (Å²) >= 11 is 0. The lowest BCUT2D eigenvalue weighted by Gasteiger charge is -2.30. The summed E-state index contributed by atoms with van der Waals surface area (Å²) in [6.45, 7) is 8.12. The standard InChI is InChI=1S/C14H20O3S/c1-13(2)14(3,4)17-12(16-13)10-6-8-11(9-7-10)18(5)15/h6-9,12H,1-5H3. The first-order chi connectivity index (χ1) is 8.23. The van der Waals surface area contributed by atoms with Gasteiger partial charge in [0.1, 0.15) is 0 Å². The van der Waals surface area contributed by atoms with Gasteiger partial charge in [0.05, 0.1) is 11.2 Å². The summed E-state index contributed by atoms with van der Waals surface area (Å²) in [5, 5.41) is 0. The minimum absolute atomic E-state index is 0.329. The molecule has 1 unspecified atom stereocenters. The quantitative estimate of drug-likeness (QED) is 0.827. The van der Waals surface area contributed by atoms with Crippen LogP contribution in [0.15, 0.2) is 29.2 Å². The number of rotatable bonds is 2. The highest BCUT2D eigenvalue weighted by Gasteiger charge is 2.49. The molecule has 1 heterocycles. The lowest BCUT2D eigenvalue weighted by Crippen LogP contribution is -2.41. The van der Waals surface area contributed by atoms with Gasteiger partial charge in [-0.15, -0.1) is 0 Å². The highest BCUT2D eigenvalue weighted by molar-refractivity contribution is 7.84. The van der Waals surface area contributed by atoms with Crippen molar-refractivity contribution in [2.45, 2.75) is 50.1 Å². The van der Waals surface area contributed by atoms with Crippen LogP contribution in [0.25, 0.3) is 0 Å². The first-order valence-electron chi connectivity index (χ1n) is 6.02. The zero-order chi connectivity index (χ0) is 13.6. The van der Waals surface area contributed by atoms with Crippen molar-refractivity contribution in [3.8, 4) is 0 Å². The molecule has 0 aromatic heterocycles. The van der Waals surface area contributed by atoms with Crippen molar-refractivity contribution >= 4 is 10.8 Å². The zero-order valence-corrected chi connectivity index (χ0v) is 12.3. The van der Waals surface area contributed by atoms with Crippen molar-refractivity contribution in [1.82, 2.24) is 0 Å². The third-order valence-corrected chi connectivity index (χ3v) is 4.67. The van der Waals surface area contributed by atoms with E-state index in [0.29, 0.717) is 0 Å². The normalized spacial score (nSPS) is 24.1. The number of hydrogen-bond acceptors (Lipinski definition) is 3. The van der Waals surface area contributed by atoms with Gasteiger partial charge in [0, 0.05) is 27.5 Å². The van der Waals surface area contributed by atoms with Crippen LogP contribution in [-0.2, 0) is 20.3 Å². The van der Waals surface area contributed by atoms with Gasteiger partial charge in [-0.25, -0.2) is 0 Å². The average molecular weight is 268 g/mol. The predicted molar refractivity (Wildman–Crippen MR) is 71.8 cm³/mol. The second kappa shape index (κ2) is 4.44. The monoisotopic (exact) mass is 268 g/mol. The molecule has 0 aliphatic carbocycles. The van der Waals surface area contributed by atoms with Crippen LogP contribution < -0.4 is 0 Å². The zero-order valence-electron chi connectivity index (χ0n) is 11.5. The highest BCUT2D eigenvalue weighted by Crippen LogP contribution is 2.44.